The summed E-state index contributed by atoms with van der Waals surface area (Å²) < 4.78 is 0. The second kappa shape index (κ2) is 8.39. The Morgan fingerprint density at radius 3 is 2.31 bits per heavy atom. The van der Waals surface area contributed by atoms with Crippen molar-refractivity contribution in [2.24, 2.45) is 0 Å². The average Bonchev–Trinajstić information content (AvgIpc) is 2.27. The summed E-state index contributed by atoms with van der Waals surface area (Å²) in [6, 6.07) is 0. The highest BCUT2D eigenvalue weighted by Crippen LogP contribution is 1.99. The Balaban J connectivity index is 3.72. The van der Waals surface area contributed by atoms with Gasteiger partial charge >= 0.3 is 0 Å². The predicted molar refractivity (Wildman–Crippen MR) is 50.9 cm³/mol. The van der Waals surface area contributed by atoms with E-state index in [1.807, 2.05) is 5.48 Å². The molecule has 0 aliphatic heterocycles. The van der Waals surface area contributed by atoms with Gasteiger partial charge in [0, 0.05) is 0 Å². The second-order valence-electron chi connectivity index (χ2n) is 3.12. The summed E-state index contributed by atoms with van der Waals surface area (Å²) in [7, 11) is 0. The van der Waals surface area contributed by atoms with Gasteiger partial charge in [-0.15, -0.1) is 0 Å². The first kappa shape index (κ1) is 15.2. The van der Waals surface area contributed by atoms with E-state index in [1.54, 1.807) is 0 Å². The maximum absolute atomic E-state index is 10.8. The van der Waals surface area contributed by atoms with E-state index in [0.717, 1.165) is 0 Å². The number of hydrogen-bond acceptors (Lipinski definition) is 7. The lowest BCUT2D eigenvalue weighted by Crippen LogP contribution is -2.43. The molecule has 8 nitrogen and oxygen atoms in total. The molecule has 0 aromatic heterocycles. The third-order valence-electron chi connectivity index (χ3n) is 1.75. The molecule has 3 atom stereocenters. The van der Waals surface area contributed by atoms with Crippen molar-refractivity contribution in [1.29, 1.82) is 0 Å². The Morgan fingerprint density at radius 2 is 1.81 bits per heavy atom. The molecule has 0 fully saturated rings. The first-order valence-electron chi connectivity index (χ1n) is 4.69. The van der Waals surface area contributed by atoms with E-state index in [9.17, 15) is 9.90 Å². The van der Waals surface area contributed by atoms with E-state index in [-0.39, 0.29) is 13.0 Å². The molecule has 0 aliphatic carbocycles. The molecular formula is C8H17NO7. The first-order chi connectivity index (χ1) is 7.52. The first-order valence-corrected chi connectivity index (χ1v) is 4.69. The van der Waals surface area contributed by atoms with E-state index < -0.39 is 37.4 Å². The van der Waals surface area contributed by atoms with Crippen LogP contribution in [-0.4, -0.2) is 69.6 Å². The molecule has 8 heteroatoms. The van der Waals surface area contributed by atoms with Gasteiger partial charge in [-0.3, -0.25) is 9.63 Å². The molecule has 16 heavy (non-hydrogen) atoms. The van der Waals surface area contributed by atoms with Crippen molar-refractivity contribution in [3.63, 3.8) is 0 Å². The topological polar surface area (TPSA) is 139 Å². The lowest BCUT2D eigenvalue weighted by molar-refractivity contribution is -0.143. The number of nitrogens with one attached hydrogen (secondary N) is 1. The zero-order valence-electron chi connectivity index (χ0n) is 8.61. The summed E-state index contributed by atoms with van der Waals surface area (Å²) in [6.45, 7) is -1.48. The highest BCUT2D eigenvalue weighted by molar-refractivity contribution is 5.74. The monoisotopic (exact) mass is 239 g/mol. The van der Waals surface area contributed by atoms with Gasteiger partial charge in [0.1, 0.15) is 24.9 Å². The summed E-state index contributed by atoms with van der Waals surface area (Å²) in [5, 5.41) is 44.2. The Labute approximate surface area is 92.0 Å². The van der Waals surface area contributed by atoms with Gasteiger partial charge in [-0.1, -0.05) is 0 Å². The van der Waals surface area contributed by atoms with Gasteiger partial charge < -0.3 is 25.5 Å². The van der Waals surface area contributed by atoms with Crippen LogP contribution < -0.4 is 5.48 Å². The molecule has 0 bridgehead atoms. The molecule has 0 aromatic carbocycles. The molecular weight excluding hydrogens is 222 g/mol. The largest absolute Gasteiger partial charge is 0.396 e. The normalized spacial score (nSPS) is 16.6. The van der Waals surface area contributed by atoms with Crippen LogP contribution in [0.25, 0.3) is 0 Å². The molecule has 96 valence electrons. The highest BCUT2D eigenvalue weighted by Gasteiger charge is 2.24. The van der Waals surface area contributed by atoms with Crippen LogP contribution in [0.15, 0.2) is 0 Å². The number of hydroxylamine groups is 1. The lowest BCUT2D eigenvalue weighted by Gasteiger charge is -2.21. The number of rotatable bonds is 8. The molecule has 0 heterocycles. The van der Waals surface area contributed by atoms with E-state index in [4.69, 9.17) is 20.4 Å². The average molecular weight is 239 g/mol. The maximum atomic E-state index is 10.8. The van der Waals surface area contributed by atoms with Crippen LogP contribution >= 0.6 is 0 Å². The second-order valence-corrected chi connectivity index (χ2v) is 3.12. The van der Waals surface area contributed by atoms with Crippen LogP contribution in [0, 0.1) is 0 Å². The number of carbonyl (C=O) groups excluding carboxylic acids is 1. The SMILES string of the molecule is O=C(CCO)NOCC(O)[C@@H](O)[C@@H](O)CO. The summed E-state index contributed by atoms with van der Waals surface area (Å²) >= 11 is 0. The van der Waals surface area contributed by atoms with Gasteiger partial charge in [-0.2, -0.15) is 0 Å². The number of amides is 1. The highest BCUT2D eigenvalue weighted by atomic mass is 16.7. The van der Waals surface area contributed by atoms with E-state index >= 15 is 0 Å². The van der Waals surface area contributed by atoms with Gasteiger partial charge in [0.25, 0.3) is 0 Å². The van der Waals surface area contributed by atoms with Crippen LogP contribution in [0.1, 0.15) is 6.42 Å². The lowest BCUT2D eigenvalue weighted by atomic mass is 10.1. The van der Waals surface area contributed by atoms with Crippen molar-refractivity contribution < 1.29 is 35.2 Å². The summed E-state index contributed by atoms with van der Waals surface area (Å²) in [5.74, 6) is -0.577. The minimum Gasteiger partial charge on any atom is -0.396 e. The molecule has 0 saturated carbocycles. The van der Waals surface area contributed by atoms with Crippen molar-refractivity contribution in [3.8, 4) is 0 Å². The Hall–Kier alpha value is -0.770. The van der Waals surface area contributed by atoms with Crippen molar-refractivity contribution in [2.75, 3.05) is 19.8 Å². The van der Waals surface area contributed by atoms with Crippen molar-refractivity contribution in [3.05, 3.63) is 0 Å². The fraction of sp³-hybridized carbons (Fsp3) is 0.875. The smallest absolute Gasteiger partial charge is 0.245 e. The minimum absolute atomic E-state index is 0.141. The number of hydrogen-bond donors (Lipinski definition) is 6. The molecule has 0 rings (SSSR count). The summed E-state index contributed by atoms with van der Waals surface area (Å²) in [5.41, 5.74) is 1.91. The Bertz CT molecular complexity index is 201. The molecule has 1 amide bonds. The van der Waals surface area contributed by atoms with Crippen molar-refractivity contribution in [2.45, 2.75) is 24.7 Å². The van der Waals surface area contributed by atoms with Crippen molar-refractivity contribution in [1.82, 2.24) is 5.48 Å². The van der Waals surface area contributed by atoms with Crippen LogP contribution in [0.3, 0.4) is 0 Å². The fourth-order valence-electron chi connectivity index (χ4n) is 0.823. The van der Waals surface area contributed by atoms with Gasteiger partial charge in [-0.05, 0) is 0 Å². The molecule has 0 saturated heterocycles. The number of aliphatic hydroxyl groups is 5. The molecule has 1 unspecified atom stereocenters. The zero-order valence-corrected chi connectivity index (χ0v) is 8.61. The number of carbonyl (C=O) groups is 1. The Kier molecular flexibility index (Phi) is 7.99. The van der Waals surface area contributed by atoms with Crippen LogP contribution in [0.4, 0.5) is 0 Å². The third kappa shape index (κ3) is 5.95. The van der Waals surface area contributed by atoms with E-state index in [2.05, 4.69) is 4.84 Å². The molecule has 0 spiro atoms. The quantitative estimate of drug-likeness (QED) is 0.241. The minimum atomic E-state index is -1.57. The van der Waals surface area contributed by atoms with Crippen LogP contribution in [0.2, 0.25) is 0 Å². The zero-order chi connectivity index (χ0) is 12.6. The van der Waals surface area contributed by atoms with Gasteiger partial charge in [0.15, 0.2) is 0 Å². The third-order valence-corrected chi connectivity index (χ3v) is 1.75. The summed E-state index contributed by atoms with van der Waals surface area (Å²) in [6.07, 6.45) is -4.64. The predicted octanol–water partition coefficient (Wildman–Crippen LogP) is -3.51. The van der Waals surface area contributed by atoms with Crippen LogP contribution in [-0.2, 0) is 9.63 Å². The molecule has 0 radical (unpaired) electrons. The van der Waals surface area contributed by atoms with Gasteiger partial charge in [0.05, 0.1) is 19.6 Å². The maximum Gasteiger partial charge on any atom is 0.245 e. The standard InChI is InChI=1S/C8H17NO7/c10-2-1-7(14)9-16-4-6(13)8(15)5(12)3-11/h5-6,8,10-13,15H,1-4H2,(H,9,14)/t5-,6?,8-/m0/s1. The Morgan fingerprint density at radius 1 is 1.19 bits per heavy atom. The van der Waals surface area contributed by atoms with E-state index in [1.165, 1.54) is 0 Å². The van der Waals surface area contributed by atoms with Gasteiger partial charge in [0.2, 0.25) is 5.91 Å². The van der Waals surface area contributed by atoms with E-state index in [0.29, 0.717) is 0 Å². The van der Waals surface area contributed by atoms with Gasteiger partial charge in [-0.25, -0.2) is 5.48 Å². The molecule has 6 N–H and O–H groups in total. The molecule has 0 aliphatic rings. The molecule has 0 aromatic rings. The number of aliphatic hydroxyl groups excluding tert-OH is 5. The fourth-order valence-corrected chi connectivity index (χ4v) is 0.823. The van der Waals surface area contributed by atoms with Crippen molar-refractivity contribution >= 4 is 5.91 Å². The summed E-state index contributed by atoms with van der Waals surface area (Å²) in [4.78, 5) is 15.3. The van der Waals surface area contributed by atoms with Crippen LogP contribution in [0.5, 0.6) is 0 Å².